The Morgan fingerprint density at radius 1 is 1.21 bits per heavy atom. The van der Waals surface area contributed by atoms with Crippen molar-refractivity contribution >= 4 is 17.8 Å². The van der Waals surface area contributed by atoms with E-state index in [2.05, 4.69) is 38.1 Å². The number of nitrogens with zero attached hydrogens (tertiary/aromatic N) is 2. The second-order valence-corrected chi connectivity index (χ2v) is 8.48. The number of piperidine rings is 1. The lowest BCUT2D eigenvalue weighted by molar-refractivity contribution is -0.147. The fourth-order valence-electron chi connectivity index (χ4n) is 4.03. The van der Waals surface area contributed by atoms with Crippen LogP contribution in [0.2, 0.25) is 0 Å². The Hall–Kier alpha value is -2.37. The van der Waals surface area contributed by atoms with Gasteiger partial charge in [-0.25, -0.2) is 0 Å². The first-order valence-electron chi connectivity index (χ1n) is 10.1. The largest absolute Gasteiger partial charge is 0.481 e. The SMILES string of the molecule is CC(C)c1ccc(C2CC2C(=O)N(C)CC(=O)N2CCCC(C(=O)O)C2)cc1. The summed E-state index contributed by atoms with van der Waals surface area (Å²) in [5.74, 6) is -0.864. The Morgan fingerprint density at radius 2 is 1.89 bits per heavy atom. The molecule has 6 nitrogen and oxygen atoms in total. The van der Waals surface area contributed by atoms with Gasteiger partial charge in [-0.15, -0.1) is 0 Å². The summed E-state index contributed by atoms with van der Waals surface area (Å²) >= 11 is 0. The Labute approximate surface area is 166 Å². The number of hydrogen-bond donors (Lipinski definition) is 1. The second-order valence-electron chi connectivity index (χ2n) is 8.48. The smallest absolute Gasteiger partial charge is 0.308 e. The number of likely N-dealkylation sites (tertiary alicyclic amines) is 1. The normalized spacial score (nSPS) is 24.1. The number of benzene rings is 1. The maximum absolute atomic E-state index is 12.7. The molecular formula is C22H30N2O4. The van der Waals surface area contributed by atoms with Gasteiger partial charge >= 0.3 is 5.97 Å². The van der Waals surface area contributed by atoms with Crippen LogP contribution in [-0.2, 0) is 14.4 Å². The van der Waals surface area contributed by atoms with E-state index in [1.165, 1.54) is 16.0 Å². The van der Waals surface area contributed by atoms with Gasteiger partial charge in [0.1, 0.15) is 0 Å². The third-order valence-electron chi connectivity index (χ3n) is 6.01. The first-order chi connectivity index (χ1) is 13.3. The van der Waals surface area contributed by atoms with Crippen LogP contribution in [0.3, 0.4) is 0 Å². The first kappa shape index (κ1) is 20.4. The molecule has 1 aliphatic carbocycles. The number of hydrogen-bond acceptors (Lipinski definition) is 3. The maximum atomic E-state index is 12.7. The molecule has 3 rings (SSSR count). The van der Waals surface area contributed by atoms with E-state index in [1.807, 2.05) is 0 Å². The molecule has 28 heavy (non-hydrogen) atoms. The third kappa shape index (κ3) is 4.54. The summed E-state index contributed by atoms with van der Waals surface area (Å²) in [7, 11) is 1.66. The maximum Gasteiger partial charge on any atom is 0.308 e. The van der Waals surface area contributed by atoms with Gasteiger partial charge in [0.25, 0.3) is 0 Å². The van der Waals surface area contributed by atoms with E-state index in [9.17, 15) is 19.5 Å². The number of amides is 2. The fraction of sp³-hybridized carbons (Fsp3) is 0.591. The molecule has 0 aromatic heterocycles. The van der Waals surface area contributed by atoms with Crippen molar-refractivity contribution < 1.29 is 19.5 Å². The van der Waals surface area contributed by atoms with Gasteiger partial charge in [0.2, 0.25) is 11.8 Å². The molecule has 1 saturated carbocycles. The van der Waals surface area contributed by atoms with Crippen molar-refractivity contribution in [3.8, 4) is 0 Å². The fourth-order valence-corrected chi connectivity index (χ4v) is 4.03. The summed E-state index contributed by atoms with van der Waals surface area (Å²) in [6.45, 7) is 5.14. The van der Waals surface area contributed by atoms with Crippen molar-refractivity contribution in [3.05, 3.63) is 35.4 Å². The highest BCUT2D eigenvalue weighted by Crippen LogP contribution is 2.48. The molecule has 1 aromatic carbocycles. The molecule has 0 bridgehead atoms. The average molecular weight is 386 g/mol. The highest BCUT2D eigenvalue weighted by Gasteiger charge is 2.45. The summed E-state index contributed by atoms with van der Waals surface area (Å²) < 4.78 is 0. The molecule has 1 heterocycles. The molecule has 1 aliphatic heterocycles. The zero-order valence-corrected chi connectivity index (χ0v) is 16.9. The number of rotatable bonds is 6. The topological polar surface area (TPSA) is 77.9 Å². The predicted molar refractivity (Wildman–Crippen MR) is 106 cm³/mol. The first-order valence-corrected chi connectivity index (χ1v) is 10.1. The van der Waals surface area contributed by atoms with Crippen molar-refractivity contribution in [2.75, 3.05) is 26.7 Å². The van der Waals surface area contributed by atoms with Gasteiger partial charge in [0.15, 0.2) is 0 Å². The lowest BCUT2D eigenvalue weighted by Gasteiger charge is -2.32. The molecule has 6 heteroatoms. The van der Waals surface area contributed by atoms with E-state index in [1.54, 1.807) is 11.9 Å². The van der Waals surface area contributed by atoms with Gasteiger partial charge in [-0.2, -0.15) is 0 Å². The van der Waals surface area contributed by atoms with Crippen LogP contribution < -0.4 is 0 Å². The molecule has 2 amide bonds. The lowest BCUT2D eigenvalue weighted by Crippen LogP contribution is -2.47. The Bertz CT molecular complexity index is 743. The Morgan fingerprint density at radius 3 is 2.50 bits per heavy atom. The van der Waals surface area contributed by atoms with E-state index in [0.29, 0.717) is 25.3 Å². The quantitative estimate of drug-likeness (QED) is 0.815. The van der Waals surface area contributed by atoms with Crippen molar-refractivity contribution in [1.82, 2.24) is 9.80 Å². The van der Waals surface area contributed by atoms with Crippen LogP contribution in [0.1, 0.15) is 56.1 Å². The third-order valence-corrected chi connectivity index (χ3v) is 6.01. The Kier molecular flexibility index (Phi) is 6.06. The van der Waals surface area contributed by atoms with Crippen LogP contribution in [0.5, 0.6) is 0 Å². The molecule has 1 N–H and O–H groups in total. The van der Waals surface area contributed by atoms with Crippen LogP contribution in [-0.4, -0.2) is 59.4 Å². The minimum Gasteiger partial charge on any atom is -0.481 e. The standard InChI is InChI=1S/C22H30N2O4/c1-14(2)15-6-8-16(9-7-15)18-11-19(18)21(26)23(3)13-20(25)24-10-4-5-17(12-24)22(27)28/h6-9,14,17-19H,4-5,10-13H2,1-3H3,(H,27,28). The molecule has 152 valence electrons. The summed E-state index contributed by atoms with van der Waals surface area (Å²) in [4.78, 5) is 39.5. The van der Waals surface area contributed by atoms with E-state index < -0.39 is 11.9 Å². The summed E-state index contributed by atoms with van der Waals surface area (Å²) in [5, 5.41) is 9.17. The number of carboxylic acids is 1. The van der Waals surface area contributed by atoms with Gasteiger partial charge in [0.05, 0.1) is 12.5 Å². The second kappa shape index (κ2) is 8.33. The number of likely N-dealkylation sites (N-methyl/N-ethyl adjacent to an activating group) is 1. The van der Waals surface area contributed by atoms with E-state index >= 15 is 0 Å². The van der Waals surface area contributed by atoms with Crippen molar-refractivity contribution in [1.29, 1.82) is 0 Å². The highest BCUT2D eigenvalue weighted by atomic mass is 16.4. The monoisotopic (exact) mass is 386 g/mol. The zero-order chi connectivity index (χ0) is 20.4. The number of aliphatic carboxylic acids is 1. The van der Waals surface area contributed by atoms with Gasteiger partial charge in [0, 0.05) is 26.1 Å². The molecule has 0 radical (unpaired) electrons. The lowest BCUT2D eigenvalue weighted by atomic mass is 9.98. The van der Waals surface area contributed by atoms with Gasteiger partial charge in [-0.05, 0) is 42.2 Å². The van der Waals surface area contributed by atoms with Gasteiger partial charge in [-0.1, -0.05) is 38.1 Å². The van der Waals surface area contributed by atoms with Crippen LogP contribution >= 0.6 is 0 Å². The van der Waals surface area contributed by atoms with E-state index in [-0.39, 0.29) is 36.7 Å². The van der Waals surface area contributed by atoms with Crippen LogP contribution in [0.4, 0.5) is 0 Å². The van der Waals surface area contributed by atoms with Gasteiger partial charge < -0.3 is 14.9 Å². The molecule has 3 unspecified atom stereocenters. The molecule has 3 atom stereocenters. The predicted octanol–water partition coefficient (Wildman–Crippen LogP) is 2.70. The molecular weight excluding hydrogens is 356 g/mol. The van der Waals surface area contributed by atoms with Crippen molar-refractivity contribution in [2.45, 2.75) is 44.9 Å². The summed E-state index contributed by atoms with van der Waals surface area (Å²) in [6.07, 6.45) is 2.12. The van der Waals surface area contributed by atoms with Crippen LogP contribution in [0.25, 0.3) is 0 Å². The molecule has 0 spiro atoms. The molecule has 1 saturated heterocycles. The van der Waals surface area contributed by atoms with Gasteiger partial charge in [-0.3, -0.25) is 14.4 Å². The molecule has 2 aliphatic rings. The number of carboxylic acid groups (broad SMARTS) is 1. The van der Waals surface area contributed by atoms with E-state index in [4.69, 9.17) is 0 Å². The molecule has 1 aromatic rings. The minimum absolute atomic E-state index is 0.00178. The number of carbonyl (C=O) groups is 3. The van der Waals surface area contributed by atoms with Crippen LogP contribution in [0.15, 0.2) is 24.3 Å². The van der Waals surface area contributed by atoms with E-state index in [0.717, 1.165) is 6.42 Å². The highest BCUT2D eigenvalue weighted by molar-refractivity contribution is 5.88. The summed E-state index contributed by atoms with van der Waals surface area (Å²) in [6, 6.07) is 8.47. The van der Waals surface area contributed by atoms with Crippen LogP contribution in [0, 0.1) is 11.8 Å². The number of carbonyl (C=O) groups excluding carboxylic acids is 2. The Balaban J connectivity index is 1.52. The van der Waals surface area contributed by atoms with Crippen molar-refractivity contribution in [2.24, 2.45) is 11.8 Å². The van der Waals surface area contributed by atoms with Crippen molar-refractivity contribution in [3.63, 3.8) is 0 Å². The average Bonchev–Trinajstić information content (AvgIpc) is 3.48. The summed E-state index contributed by atoms with van der Waals surface area (Å²) in [5.41, 5.74) is 2.47. The zero-order valence-electron chi connectivity index (χ0n) is 16.9. The molecule has 2 fully saturated rings. The minimum atomic E-state index is -0.855.